The summed E-state index contributed by atoms with van der Waals surface area (Å²) in [4.78, 5) is 0. The Morgan fingerprint density at radius 2 is 2.00 bits per heavy atom. The van der Waals surface area contributed by atoms with Gasteiger partial charge in [0.15, 0.2) is 0 Å². The molecule has 4 heteroatoms. The van der Waals surface area contributed by atoms with E-state index in [9.17, 15) is 5.11 Å². The fourth-order valence-corrected chi connectivity index (χ4v) is 2.08. The molecule has 0 saturated carbocycles. The summed E-state index contributed by atoms with van der Waals surface area (Å²) in [5.74, 6) is 0. The predicted molar refractivity (Wildman–Crippen MR) is 79.2 cm³/mol. The van der Waals surface area contributed by atoms with Gasteiger partial charge in [-0.1, -0.05) is 32.4 Å². The third kappa shape index (κ3) is 3.53. The summed E-state index contributed by atoms with van der Waals surface area (Å²) in [6, 6.07) is 3.74. The van der Waals surface area contributed by atoms with Crippen molar-refractivity contribution in [2.24, 2.45) is 5.41 Å². The summed E-state index contributed by atoms with van der Waals surface area (Å²) in [5, 5.41) is 13.3. The highest BCUT2D eigenvalue weighted by molar-refractivity contribution is 6.31. The van der Waals surface area contributed by atoms with Crippen LogP contribution in [0.3, 0.4) is 0 Å². The zero-order valence-electron chi connectivity index (χ0n) is 11.5. The van der Waals surface area contributed by atoms with Gasteiger partial charge in [0.05, 0.1) is 11.4 Å². The van der Waals surface area contributed by atoms with Crippen molar-refractivity contribution in [2.45, 2.75) is 40.2 Å². The van der Waals surface area contributed by atoms with Gasteiger partial charge in [-0.2, -0.15) is 0 Å². The monoisotopic (exact) mass is 270 g/mol. The highest BCUT2D eigenvalue weighted by atomic mass is 35.5. The lowest BCUT2D eigenvalue weighted by atomic mass is 9.84. The number of rotatable bonds is 4. The van der Waals surface area contributed by atoms with E-state index < -0.39 is 0 Å². The van der Waals surface area contributed by atoms with Crippen molar-refractivity contribution >= 4 is 23.0 Å². The normalized spacial score (nSPS) is 13.4. The Morgan fingerprint density at radius 1 is 1.39 bits per heavy atom. The molecule has 0 aliphatic carbocycles. The number of aliphatic hydroxyl groups is 1. The first-order valence-corrected chi connectivity index (χ1v) is 6.57. The number of nitrogens with one attached hydrogen (secondary N) is 1. The van der Waals surface area contributed by atoms with E-state index >= 15 is 0 Å². The fourth-order valence-electron chi connectivity index (χ4n) is 1.92. The van der Waals surface area contributed by atoms with Crippen LogP contribution in [-0.2, 0) is 0 Å². The van der Waals surface area contributed by atoms with Crippen molar-refractivity contribution < 1.29 is 5.11 Å². The maximum absolute atomic E-state index is 9.17. The summed E-state index contributed by atoms with van der Waals surface area (Å²) in [5.41, 5.74) is 8.53. The van der Waals surface area contributed by atoms with Gasteiger partial charge in [-0.3, -0.25) is 0 Å². The van der Waals surface area contributed by atoms with Crippen molar-refractivity contribution in [1.82, 2.24) is 0 Å². The minimum atomic E-state index is 0.0317. The lowest BCUT2D eigenvalue weighted by Gasteiger charge is -2.33. The molecule has 0 aromatic heterocycles. The van der Waals surface area contributed by atoms with Crippen molar-refractivity contribution in [1.29, 1.82) is 0 Å². The summed E-state index contributed by atoms with van der Waals surface area (Å²) >= 11 is 6.12. The van der Waals surface area contributed by atoms with Crippen molar-refractivity contribution in [3.8, 4) is 0 Å². The Kier molecular flexibility index (Phi) is 4.88. The fraction of sp³-hybridized carbons (Fsp3) is 0.571. The molecule has 0 saturated heterocycles. The van der Waals surface area contributed by atoms with Crippen LogP contribution in [0.4, 0.5) is 11.4 Å². The first kappa shape index (κ1) is 15.1. The second-order valence-corrected chi connectivity index (χ2v) is 6.12. The molecule has 1 rings (SSSR count). The standard InChI is InChI=1S/C14H23ClN2O/c1-9-10(15)5-6-11(16)13(9)17-12(7-8-18)14(2,3)4/h5-6,12,17-18H,7-8,16H2,1-4H3. The van der Waals surface area contributed by atoms with E-state index in [0.29, 0.717) is 17.1 Å². The maximum Gasteiger partial charge on any atom is 0.0620 e. The number of hydrogen-bond donors (Lipinski definition) is 3. The number of benzene rings is 1. The highest BCUT2D eigenvalue weighted by Crippen LogP contribution is 2.33. The number of aliphatic hydroxyl groups excluding tert-OH is 1. The molecule has 0 fully saturated rings. The van der Waals surface area contributed by atoms with Crippen LogP contribution in [0.2, 0.25) is 5.02 Å². The molecule has 0 heterocycles. The molecule has 18 heavy (non-hydrogen) atoms. The van der Waals surface area contributed by atoms with Crippen LogP contribution in [0.15, 0.2) is 12.1 Å². The molecule has 4 N–H and O–H groups in total. The van der Waals surface area contributed by atoms with Crippen LogP contribution in [0, 0.1) is 12.3 Å². The molecule has 3 nitrogen and oxygen atoms in total. The number of nitrogens with two attached hydrogens (primary N) is 1. The van der Waals surface area contributed by atoms with Crippen LogP contribution in [0.5, 0.6) is 0 Å². The Hall–Kier alpha value is -0.930. The number of halogens is 1. The summed E-state index contributed by atoms with van der Waals surface area (Å²) < 4.78 is 0. The van der Waals surface area contributed by atoms with Crippen molar-refractivity contribution in [3.63, 3.8) is 0 Å². The first-order valence-electron chi connectivity index (χ1n) is 6.19. The Balaban J connectivity index is 3.04. The van der Waals surface area contributed by atoms with E-state index in [4.69, 9.17) is 17.3 Å². The molecule has 1 aromatic rings. The third-order valence-corrected chi connectivity index (χ3v) is 3.62. The van der Waals surface area contributed by atoms with Crippen LogP contribution >= 0.6 is 11.6 Å². The molecule has 1 aromatic carbocycles. The van der Waals surface area contributed by atoms with Crippen LogP contribution in [0.25, 0.3) is 0 Å². The average Bonchev–Trinajstić information content (AvgIpc) is 2.27. The van der Waals surface area contributed by atoms with E-state index in [-0.39, 0.29) is 18.1 Å². The van der Waals surface area contributed by atoms with Gasteiger partial charge in [0.2, 0.25) is 0 Å². The lowest BCUT2D eigenvalue weighted by Crippen LogP contribution is -2.35. The molecule has 0 aliphatic heterocycles. The second kappa shape index (κ2) is 5.81. The van der Waals surface area contributed by atoms with E-state index in [2.05, 4.69) is 26.1 Å². The quantitative estimate of drug-likeness (QED) is 0.735. The Labute approximate surface area is 114 Å². The number of nitrogen functional groups attached to an aromatic ring is 1. The van der Waals surface area contributed by atoms with E-state index in [0.717, 1.165) is 11.3 Å². The Morgan fingerprint density at radius 3 is 2.50 bits per heavy atom. The smallest absolute Gasteiger partial charge is 0.0620 e. The molecule has 0 bridgehead atoms. The zero-order valence-corrected chi connectivity index (χ0v) is 12.3. The number of hydrogen-bond acceptors (Lipinski definition) is 3. The SMILES string of the molecule is Cc1c(Cl)ccc(N)c1NC(CCO)C(C)(C)C. The van der Waals surface area contributed by atoms with Gasteiger partial charge in [-0.05, 0) is 36.5 Å². The molecular weight excluding hydrogens is 248 g/mol. The van der Waals surface area contributed by atoms with E-state index in [1.165, 1.54) is 0 Å². The molecule has 0 spiro atoms. The summed E-state index contributed by atoms with van der Waals surface area (Å²) in [7, 11) is 0. The maximum atomic E-state index is 9.17. The molecule has 102 valence electrons. The molecule has 1 atom stereocenters. The van der Waals surface area contributed by atoms with Crippen LogP contribution in [-0.4, -0.2) is 17.8 Å². The molecule has 0 amide bonds. The molecule has 0 aliphatic rings. The third-order valence-electron chi connectivity index (χ3n) is 3.21. The van der Waals surface area contributed by atoms with Gasteiger partial charge in [-0.15, -0.1) is 0 Å². The minimum absolute atomic E-state index is 0.0317. The first-order chi connectivity index (χ1) is 8.27. The van der Waals surface area contributed by atoms with Gasteiger partial charge in [0, 0.05) is 17.7 Å². The van der Waals surface area contributed by atoms with Crippen molar-refractivity contribution in [2.75, 3.05) is 17.7 Å². The second-order valence-electron chi connectivity index (χ2n) is 5.71. The highest BCUT2D eigenvalue weighted by Gasteiger charge is 2.25. The van der Waals surface area contributed by atoms with Gasteiger partial charge in [-0.25, -0.2) is 0 Å². The van der Waals surface area contributed by atoms with Crippen LogP contribution < -0.4 is 11.1 Å². The summed E-state index contributed by atoms with van der Waals surface area (Å²) in [6.07, 6.45) is 0.675. The zero-order chi connectivity index (χ0) is 13.9. The van der Waals surface area contributed by atoms with Crippen molar-refractivity contribution in [3.05, 3.63) is 22.7 Å². The van der Waals surface area contributed by atoms with Gasteiger partial charge < -0.3 is 16.2 Å². The molecule has 1 unspecified atom stereocenters. The lowest BCUT2D eigenvalue weighted by molar-refractivity contribution is 0.235. The predicted octanol–water partition coefficient (Wildman–Crippen LogP) is 3.44. The Bertz CT molecular complexity index is 413. The van der Waals surface area contributed by atoms with E-state index in [1.807, 2.05) is 6.92 Å². The largest absolute Gasteiger partial charge is 0.397 e. The van der Waals surface area contributed by atoms with Crippen LogP contribution in [0.1, 0.15) is 32.8 Å². The van der Waals surface area contributed by atoms with Gasteiger partial charge >= 0.3 is 0 Å². The molecular formula is C14H23ClN2O. The topological polar surface area (TPSA) is 58.3 Å². The van der Waals surface area contributed by atoms with E-state index in [1.54, 1.807) is 12.1 Å². The average molecular weight is 271 g/mol. The van der Waals surface area contributed by atoms with Gasteiger partial charge in [0.1, 0.15) is 0 Å². The molecule has 0 radical (unpaired) electrons. The minimum Gasteiger partial charge on any atom is -0.397 e. The number of anilines is 2. The summed E-state index contributed by atoms with van der Waals surface area (Å²) in [6.45, 7) is 8.50. The van der Waals surface area contributed by atoms with Gasteiger partial charge in [0.25, 0.3) is 0 Å².